The summed E-state index contributed by atoms with van der Waals surface area (Å²) in [6.07, 6.45) is -0.0771. The monoisotopic (exact) mass is 212 g/mol. The highest BCUT2D eigenvalue weighted by molar-refractivity contribution is 7.74. The number of aliphatic carboxylic acids is 1. The van der Waals surface area contributed by atoms with E-state index < -0.39 is 21.1 Å². The number of rotatable bonds is 3. The van der Waals surface area contributed by atoms with Crippen LogP contribution in [0.15, 0.2) is 30.3 Å². The third-order valence-electron chi connectivity index (χ3n) is 1.65. The van der Waals surface area contributed by atoms with E-state index in [1.807, 2.05) is 0 Å². The molecule has 5 heteroatoms. The summed E-state index contributed by atoms with van der Waals surface area (Å²) in [6.45, 7) is 0. The van der Waals surface area contributed by atoms with Gasteiger partial charge in [-0.25, -0.2) is 4.79 Å². The van der Waals surface area contributed by atoms with Gasteiger partial charge >= 0.3 is 5.97 Å². The highest BCUT2D eigenvalue weighted by Gasteiger charge is 2.11. The van der Waals surface area contributed by atoms with Gasteiger partial charge < -0.3 is 5.11 Å². The van der Waals surface area contributed by atoms with Gasteiger partial charge in [0.25, 0.3) is 0 Å². The van der Waals surface area contributed by atoms with Crippen molar-refractivity contribution >= 4 is 21.1 Å². The molecule has 0 heterocycles. The summed E-state index contributed by atoms with van der Waals surface area (Å²) in [4.78, 5) is 10.00. The van der Waals surface area contributed by atoms with E-state index in [4.69, 9.17) is 5.11 Å². The molecular weight excluding hydrogens is 204 g/mol. The van der Waals surface area contributed by atoms with Crippen molar-refractivity contribution in [3.05, 3.63) is 35.9 Å². The Morgan fingerprint density at radius 2 is 1.79 bits per heavy atom. The summed E-state index contributed by atoms with van der Waals surface area (Å²) in [7, 11) is -2.67. The van der Waals surface area contributed by atoms with Crippen LogP contribution < -0.4 is 0 Å². The highest BCUT2D eigenvalue weighted by atomic mass is 32.2. The molecule has 1 aromatic carbocycles. The SMILES string of the molecule is O=C(O)C(Cc1ccccc1)=S(=O)=O. The molecule has 74 valence electrons. The lowest BCUT2D eigenvalue weighted by Crippen LogP contribution is -2.16. The molecule has 1 rings (SSSR count). The Morgan fingerprint density at radius 3 is 2.21 bits per heavy atom. The Bertz CT molecular complexity index is 451. The zero-order chi connectivity index (χ0) is 10.6. The summed E-state index contributed by atoms with van der Waals surface area (Å²) in [5, 5.41) is 8.57. The van der Waals surface area contributed by atoms with Gasteiger partial charge in [0.2, 0.25) is 10.3 Å². The molecule has 0 aliphatic carbocycles. The lowest BCUT2D eigenvalue weighted by atomic mass is 10.1. The summed E-state index contributed by atoms with van der Waals surface area (Å²) in [5.41, 5.74) is 0.661. The lowest BCUT2D eigenvalue weighted by molar-refractivity contribution is -0.129. The first-order valence-corrected chi connectivity index (χ1v) is 4.91. The van der Waals surface area contributed by atoms with Crippen molar-refractivity contribution < 1.29 is 18.3 Å². The summed E-state index contributed by atoms with van der Waals surface area (Å²) in [6, 6.07) is 8.58. The molecule has 0 aliphatic heterocycles. The molecule has 0 saturated heterocycles. The molecule has 4 nitrogen and oxygen atoms in total. The van der Waals surface area contributed by atoms with Gasteiger partial charge in [-0.1, -0.05) is 30.3 Å². The molecule has 0 spiro atoms. The first-order valence-electron chi connectivity index (χ1n) is 3.83. The Labute approximate surface area is 82.3 Å². The van der Waals surface area contributed by atoms with Gasteiger partial charge in [-0.05, 0) is 5.56 Å². The highest BCUT2D eigenvalue weighted by Crippen LogP contribution is 2.00. The zero-order valence-corrected chi connectivity index (χ0v) is 7.99. The van der Waals surface area contributed by atoms with E-state index in [1.54, 1.807) is 30.3 Å². The molecule has 1 aromatic rings. The van der Waals surface area contributed by atoms with Gasteiger partial charge in [0.05, 0.1) is 0 Å². The molecule has 0 fully saturated rings. The van der Waals surface area contributed by atoms with E-state index in [0.29, 0.717) is 5.56 Å². The predicted molar refractivity (Wildman–Crippen MR) is 51.7 cm³/mol. The maximum absolute atomic E-state index is 10.5. The van der Waals surface area contributed by atoms with Crippen molar-refractivity contribution in [2.24, 2.45) is 0 Å². The van der Waals surface area contributed by atoms with Crippen LogP contribution in [0.3, 0.4) is 0 Å². The molecule has 0 radical (unpaired) electrons. The molecule has 0 unspecified atom stereocenters. The third-order valence-corrected chi connectivity index (χ3v) is 2.37. The zero-order valence-electron chi connectivity index (χ0n) is 7.17. The minimum Gasteiger partial charge on any atom is -0.477 e. The lowest BCUT2D eigenvalue weighted by Gasteiger charge is -1.97. The van der Waals surface area contributed by atoms with Crippen LogP contribution >= 0.6 is 0 Å². The van der Waals surface area contributed by atoms with Gasteiger partial charge in [-0.2, -0.15) is 8.42 Å². The molecule has 0 amide bonds. The van der Waals surface area contributed by atoms with Crippen molar-refractivity contribution in [3.63, 3.8) is 0 Å². The van der Waals surface area contributed by atoms with E-state index in [2.05, 4.69) is 0 Å². The fourth-order valence-electron chi connectivity index (χ4n) is 0.987. The number of carboxylic acid groups (broad SMARTS) is 1. The fourth-order valence-corrected chi connectivity index (χ4v) is 1.41. The summed E-state index contributed by atoms with van der Waals surface area (Å²) in [5.74, 6) is -1.40. The molecule has 0 bridgehead atoms. The topological polar surface area (TPSA) is 71.4 Å². The molecule has 0 aliphatic rings. The third kappa shape index (κ3) is 2.70. The Hall–Kier alpha value is -1.62. The maximum atomic E-state index is 10.5. The van der Waals surface area contributed by atoms with Crippen molar-refractivity contribution in [1.82, 2.24) is 0 Å². The first-order chi connectivity index (χ1) is 6.61. The minimum absolute atomic E-state index is 0.0771. The fraction of sp³-hybridized carbons (Fsp3) is 0.111. The number of hydrogen-bond acceptors (Lipinski definition) is 3. The van der Waals surface area contributed by atoms with E-state index in [0.717, 1.165) is 0 Å². The predicted octanol–water partition coefficient (Wildman–Crippen LogP) is 0.365. The van der Waals surface area contributed by atoms with E-state index >= 15 is 0 Å². The minimum atomic E-state index is -2.67. The molecule has 0 atom stereocenters. The smallest absolute Gasteiger partial charge is 0.347 e. The van der Waals surface area contributed by atoms with Crippen LogP contribution in [0.4, 0.5) is 0 Å². The maximum Gasteiger partial charge on any atom is 0.347 e. The first kappa shape index (κ1) is 10.5. The second-order valence-corrected chi connectivity index (χ2v) is 3.59. The van der Waals surface area contributed by atoms with Gasteiger partial charge in [-0.3, -0.25) is 0 Å². The summed E-state index contributed by atoms with van der Waals surface area (Å²) < 4.78 is 21.1. The van der Waals surface area contributed by atoms with Crippen molar-refractivity contribution in [1.29, 1.82) is 0 Å². The van der Waals surface area contributed by atoms with Gasteiger partial charge in [0.1, 0.15) is 0 Å². The second-order valence-electron chi connectivity index (χ2n) is 2.63. The molecule has 0 saturated carbocycles. The number of carbonyl (C=O) groups is 1. The average molecular weight is 212 g/mol. The van der Waals surface area contributed by atoms with Crippen LogP contribution in [0.5, 0.6) is 0 Å². The van der Waals surface area contributed by atoms with Crippen LogP contribution in [0, 0.1) is 0 Å². The van der Waals surface area contributed by atoms with Crippen LogP contribution in [0.1, 0.15) is 5.56 Å². The standard InChI is InChI=1S/C9H8O4S/c10-9(11)8(14(12)13)6-7-4-2-1-3-5-7/h1-5H,6H2,(H,10,11). The molecular formula is C9H8O4S. The van der Waals surface area contributed by atoms with Gasteiger partial charge in [0.15, 0.2) is 4.86 Å². The molecule has 1 N–H and O–H groups in total. The number of benzene rings is 1. The van der Waals surface area contributed by atoms with Crippen LogP contribution in [0.2, 0.25) is 0 Å². The van der Waals surface area contributed by atoms with Crippen molar-refractivity contribution in [2.75, 3.05) is 0 Å². The van der Waals surface area contributed by atoms with Crippen LogP contribution in [-0.2, 0) is 21.5 Å². The van der Waals surface area contributed by atoms with E-state index in [9.17, 15) is 13.2 Å². The Kier molecular flexibility index (Phi) is 3.41. The van der Waals surface area contributed by atoms with Gasteiger partial charge in [-0.15, -0.1) is 0 Å². The average Bonchev–Trinajstić information content (AvgIpc) is 2.15. The van der Waals surface area contributed by atoms with E-state index in [-0.39, 0.29) is 6.42 Å². The summed E-state index contributed by atoms with van der Waals surface area (Å²) >= 11 is 0. The van der Waals surface area contributed by atoms with Crippen LogP contribution in [-0.4, -0.2) is 24.4 Å². The van der Waals surface area contributed by atoms with Crippen LogP contribution in [0.25, 0.3) is 0 Å². The van der Waals surface area contributed by atoms with E-state index in [1.165, 1.54) is 0 Å². The van der Waals surface area contributed by atoms with Gasteiger partial charge in [0, 0.05) is 6.42 Å². The Morgan fingerprint density at radius 1 is 1.21 bits per heavy atom. The Balaban J connectivity index is 3.00. The van der Waals surface area contributed by atoms with Crippen molar-refractivity contribution in [2.45, 2.75) is 6.42 Å². The van der Waals surface area contributed by atoms with Crippen molar-refractivity contribution in [3.8, 4) is 0 Å². The normalized spacial score (nSPS) is 9.43. The second kappa shape index (κ2) is 4.57. The number of carboxylic acids is 1. The quantitative estimate of drug-likeness (QED) is 0.734. The number of hydrogen-bond donors (Lipinski definition) is 1. The molecule has 0 aromatic heterocycles. The molecule has 14 heavy (non-hydrogen) atoms. The largest absolute Gasteiger partial charge is 0.477 e.